The molecule has 2 rings (SSSR count). The molecule has 2 N–H and O–H groups in total. The van der Waals surface area contributed by atoms with Crippen molar-refractivity contribution in [1.29, 1.82) is 0 Å². The van der Waals surface area contributed by atoms with E-state index in [9.17, 15) is 0 Å². The summed E-state index contributed by atoms with van der Waals surface area (Å²) >= 11 is 0. The average Bonchev–Trinajstić information content (AvgIpc) is 2.85. The van der Waals surface area contributed by atoms with Crippen molar-refractivity contribution in [2.75, 3.05) is 13.2 Å². The van der Waals surface area contributed by atoms with E-state index < -0.39 is 0 Å². The summed E-state index contributed by atoms with van der Waals surface area (Å²) in [6.45, 7) is 3.62. The molecule has 1 aromatic carbocycles. The average molecular weight is 247 g/mol. The van der Waals surface area contributed by atoms with Gasteiger partial charge in [0, 0.05) is 13.2 Å². The molecule has 0 aliphatic carbocycles. The van der Waals surface area contributed by atoms with E-state index in [0.29, 0.717) is 25.5 Å². The van der Waals surface area contributed by atoms with Crippen molar-refractivity contribution in [1.82, 2.24) is 20.2 Å². The highest BCUT2D eigenvalue weighted by molar-refractivity contribution is 5.22. The fourth-order valence-corrected chi connectivity index (χ4v) is 1.80. The summed E-state index contributed by atoms with van der Waals surface area (Å²) in [6, 6.07) is 9.91. The summed E-state index contributed by atoms with van der Waals surface area (Å²) in [5.74, 6) is 0.688. The molecule has 0 bridgehead atoms. The molecule has 1 unspecified atom stereocenters. The van der Waals surface area contributed by atoms with Gasteiger partial charge in [0.15, 0.2) is 5.82 Å². The third-order valence-corrected chi connectivity index (χ3v) is 2.57. The van der Waals surface area contributed by atoms with E-state index in [1.807, 2.05) is 37.3 Å². The van der Waals surface area contributed by atoms with Gasteiger partial charge in [0.05, 0.1) is 6.54 Å². The molecule has 0 saturated carbocycles. The van der Waals surface area contributed by atoms with Crippen LogP contribution in [0.5, 0.6) is 0 Å². The lowest BCUT2D eigenvalue weighted by molar-refractivity contribution is 0.0815. The molecule has 0 aliphatic rings. The van der Waals surface area contributed by atoms with E-state index in [1.54, 1.807) is 4.68 Å². The maximum atomic E-state index is 5.76. The van der Waals surface area contributed by atoms with Gasteiger partial charge in [0.1, 0.15) is 6.10 Å². The van der Waals surface area contributed by atoms with E-state index >= 15 is 0 Å². The first kappa shape index (κ1) is 12.7. The maximum Gasteiger partial charge on any atom is 0.184 e. The zero-order valence-electron chi connectivity index (χ0n) is 10.4. The molecule has 0 spiro atoms. The fraction of sp³-hybridized carbons (Fsp3) is 0.417. The van der Waals surface area contributed by atoms with Gasteiger partial charge in [-0.2, -0.15) is 0 Å². The summed E-state index contributed by atoms with van der Waals surface area (Å²) in [5, 5.41) is 11.7. The van der Waals surface area contributed by atoms with Crippen LogP contribution in [0.25, 0.3) is 0 Å². The Bertz CT molecular complexity index is 470. The molecule has 6 nitrogen and oxygen atoms in total. The summed E-state index contributed by atoms with van der Waals surface area (Å²) in [4.78, 5) is 0. The van der Waals surface area contributed by atoms with E-state index in [4.69, 9.17) is 10.5 Å². The number of nitrogens with zero attached hydrogens (tertiary/aromatic N) is 4. The van der Waals surface area contributed by atoms with Gasteiger partial charge < -0.3 is 10.5 Å². The number of hydrogen-bond donors (Lipinski definition) is 1. The predicted molar refractivity (Wildman–Crippen MR) is 66.8 cm³/mol. The van der Waals surface area contributed by atoms with Gasteiger partial charge in [0.25, 0.3) is 0 Å². The zero-order chi connectivity index (χ0) is 12.8. The number of ether oxygens (including phenoxy) is 1. The zero-order valence-corrected chi connectivity index (χ0v) is 10.4. The standard InChI is InChI=1S/C12H17N5O/c1-2-18-11(10-6-4-3-5-7-10)12-14-15-16-17(12)9-8-13/h3-7,11H,2,8-9,13H2,1H3. The Balaban J connectivity index is 2.32. The van der Waals surface area contributed by atoms with Crippen molar-refractivity contribution < 1.29 is 4.74 Å². The molecule has 0 radical (unpaired) electrons. The molecular formula is C12H17N5O. The highest BCUT2D eigenvalue weighted by Crippen LogP contribution is 2.23. The van der Waals surface area contributed by atoms with Crippen LogP contribution in [0.1, 0.15) is 24.4 Å². The van der Waals surface area contributed by atoms with Crippen LogP contribution in [0.4, 0.5) is 0 Å². The van der Waals surface area contributed by atoms with Gasteiger partial charge in [-0.15, -0.1) is 5.10 Å². The van der Waals surface area contributed by atoms with Crippen LogP contribution in [-0.4, -0.2) is 33.4 Å². The number of nitrogens with two attached hydrogens (primary N) is 1. The van der Waals surface area contributed by atoms with E-state index in [2.05, 4.69) is 15.5 Å². The molecule has 0 aliphatic heterocycles. The lowest BCUT2D eigenvalue weighted by Gasteiger charge is -2.16. The highest BCUT2D eigenvalue weighted by atomic mass is 16.5. The smallest absolute Gasteiger partial charge is 0.184 e. The topological polar surface area (TPSA) is 78.9 Å². The number of rotatable bonds is 6. The van der Waals surface area contributed by atoms with Gasteiger partial charge in [-0.3, -0.25) is 0 Å². The Hall–Kier alpha value is -1.79. The Morgan fingerprint density at radius 1 is 1.33 bits per heavy atom. The summed E-state index contributed by atoms with van der Waals surface area (Å²) < 4.78 is 7.44. The Morgan fingerprint density at radius 2 is 2.11 bits per heavy atom. The Labute approximate surface area is 106 Å². The lowest BCUT2D eigenvalue weighted by Crippen LogP contribution is -2.18. The van der Waals surface area contributed by atoms with Crippen LogP contribution in [0.3, 0.4) is 0 Å². The number of hydrogen-bond acceptors (Lipinski definition) is 5. The van der Waals surface area contributed by atoms with Crippen LogP contribution < -0.4 is 5.73 Å². The Kier molecular flexibility index (Phi) is 4.38. The molecule has 0 amide bonds. The third-order valence-electron chi connectivity index (χ3n) is 2.57. The monoisotopic (exact) mass is 247 g/mol. The van der Waals surface area contributed by atoms with Crippen LogP contribution >= 0.6 is 0 Å². The van der Waals surface area contributed by atoms with E-state index in [0.717, 1.165) is 5.56 Å². The predicted octanol–water partition coefficient (Wildman–Crippen LogP) is 0.758. The lowest BCUT2D eigenvalue weighted by atomic mass is 10.1. The van der Waals surface area contributed by atoms with Crippen molar-refractivity contribution in [2.24, 2.45) is 5.73 Å². The third kappa shape index (κ3) is 2.72. The first-order valence-corrected chi connectivity index (χ1v) is 5.99. The number of benzene rings is 1. The minimum Gasteiger partial charge on any atom is -0.366 e. The first-order chi connectivity index (χ1) is 8.86. The summed E-state index contributed by atoms with van der Waals surface area (Å²) in [7, 11) is 0. The van der Waals surface area contributed by atoms with Crippen LogP contribution in [0, 0.1) is 0 Å². The Morgan fingerprint density at radius 3 is 2.78 bits per heavy atom. The maximum absolute atomic E-state index is 5.76. The summed E-state index contributed by atoms with van der Waals surface area (Å²) in [5.41, 5.74) is 6.58. The normalized spacial score (nSPS) is 12.6. The van der Waals surface area contributed by atoms with Gasteiger partial charge in [-0.25, -0.2) is 4.68 Å². The SMILES string of the molecule is CCOC(c1ccccc1)c1nnnn1CCN. The van der Waals surface area contributed by atoms with Crippen LogP contribution in [0.15, 0.2) is 30.3 Å². The second kappa shape index (κ2) is 6.23. The van der Waals surface area contributed by atoms with Crippen molar-refractivity contribution in [3.05, 3.63) is 41.7 Å². The second-order valence-corrected chi connectivity index (χ2v) is 3.79. The minimum atomic E-state index is -0.252. The quantitative estimate of drug-likeness (QED) is 0.815. The fourth-order valence-electron chi connectivity index (χ4n) is 1.80. The van der Waals surface area contributed by atoms with Crippen molar-refractivity contribution in [2.45, 2.75) is 19.6 Å². The molecule has 0 saturated heterocycles. The van der Waals surface area contributed by atoms with Gasteiger partial charge in [0.2, 0.25) is 0 Å². The van der Waals surface area contributed by atoms with Gasteiger partial charge in [-0.05, 0) is 22.9 Å². The highest BCUT2D eigenvalue weighted by Gasteiger charge is 2.20. The molecule has 1 heterocycles. The molecule has 6 heteroatoms. The first-order valence-electron chi connectivity index (χ1n) is 5.99. The van der Waals surface area contributed by atoms with Crippen LogP contribution in [0.2, 0.25) is 0 Å². The molecule has 2 aromatic rings. The van der Waals surface area contributed by atoms with Gasteiger partial charge in [-0.1, -0.05) is 30.3 Å². The molecule has 0 fully saturated rings. The van der Waals surface area contributed by atoms with Gasteiger partial charge >= 0.3 is 0 Å². The second-order valence-electron chi connectivity index (χ2n) is 3.79. The molecule has 1 atom stereocenters. The molecule has 96 valence electrons. The minimum absolute atomic E-state index is 0.252. The molecule has 1 aromatic heterocycles. The largest absolute Gasteiger partial charge is 0.366 e. The number of aromatic nitrogens is 4. The van der Waals surface area contributed by atoms with Crippen molar-refractivity contribution in [3.8, 4) is 0 Å². The van der Waals surface area contributed by atoms with Crippen molar-refractivity contribution >= 4 is 0 Å². The number of tetrazole rings is 1. The molecular weight excluding hydrogens is 230 g/mol. The van der Waals surface area contributed by atoms with E-state index in [1.165, 1.54) is 0 Å². The van der Waals surface area contributed by atoms with Crippen molar-refractivity contribution in [3.63, 3.8) is 0 Å². The van der Waals surface area contributed by atoms with Crippen LogP contribution in [-0.2, 0) is 11.3 Å². The van der Waals surface area contributed by atoms with E-state index in [-0.39, 0.29) is 6.10 Å². The molecule has 18 heavy (non-hydrogen) atoms. The summed E-state index contributed by atoms with van der Waals surface area (Å²) in [6.07, 6.45) is -0.252.